The summed E-state index contributed by atoms with van der Waals surface area (Å²) in [6.07, 6.45) is 0. The van der Waals surface area contributed by atoms with Crippen LogP contribution < -0.4 is 15.4 Å². The largest absolute Gasteiger partial charge is 0.497 e. The topological polar surface area (TPSA) is 76.4 Å². The van der Waals surface area contributed by atoms with E-state index >= 15 is 0 Å². The number of oxazole rings is 1. The third-order valence-corrected chi connectivity index (χ3v) is 4.73. The number of benzene rings is 3. The molecule has 0 atom stereocenters. The van der Waals surface area contributed by atoms with Crippen molar-refractivity contribution in [2.75, 3.05) is 12.4 Å². The molecule has 150 valence electrons. The van der Waals surface area contributed by atoms with Crippen molar-refractivity contribution >= 4 is 40.0 Å². The van der Waals surface area contributed by atoms with E-state index in [4.69, 9.17) is 21.4 Å². The molecule has 0 spiro atoms. The summed E-state index contributed by atoms with van der Waals surface area (Å²) >= 11 is 5.27. The monoisotopic (exact) mass is 417 g/mol. The summed E-state index contributed by atoms with van der Waals surface area (Å²) in [5, 5.41) is 5.86. The number of aromatic nitrogens is 1. The van der Waals surface area contributed by atoms with E-state index < -0.39 is 0 Å². The van der Waals surface area contributed by atoms with Crippen LogP contribution in [0.2, 0.25) is 0 Å². The fourth-order valence-corrected chi connectivity index (χ4v) is 3.12. The van der Waals surface area contributed by atoms with Crippen LogP contribution in [0.1, 0.15) is 15.9 Å². The minimum Gasteiger partial charge on any atom is -0.497 e. The molecule has 0 aliphatic carbocycles. The maximum Gasteiger partial charge on any atom is 0.257 e. The Morgan fingerprint density at radius 3 is 2.47 bits per heavy atom. The maximum atomic E-state index is 12.3. The first kappa shape index (κ1) is 19.6. The summed E-state index contributed by atoms with van der Waals surface area (Å²) in [5.74, 6) is 0.926. The predicted octanol–water partition coefficient (Wildman–Crippen LogP) is 4.94. The molecule has 3 aromatic carbocycles. The van der Waals surface area contributed by atoms with Gasteiger partial charge in [0.1, 0.15) is 11.3 Å². The molecule has 2 N–H and O–H groups in total. The highest BCUT2D eigenvalue weighted by Crippen LogP contribution is 2.26. The molecule has 0 aliphatic rings. The normalized spacial score (nSPS) is 10.6. The molecular weight excluding hydrogens is 398 g/mol. The fraction of sp³-hybridized carbons (Fsp3) is 0.0870. The van der Waals surface area contributed by atoms with Gasteiger partial charge in [0.2, 0.25) is 5.89 Å². The van der Waals surface area contributed by atoms with E-state index in [9.17, 15) is 4.79 Å². The average molecular weight is 417 g/mol. The zero-order chi connectivity index (χ0) is 21.1. The van der Waals surface area contributed by atoms with Crippen molar-refractivity contribution in [2.45, 2.75) is 6.92 Å². The molecule has 4 aromatic rings. The summed E-state index contributed by atoms with van der Waals surface area (Å²) in [6.45, 7) is 2.03. The summed E-state index contributed by atoms with van der Waals surface area (Å²) < 4.78 is 10.9. The summed E-state index contributed by atoms with van der Waals surface area (Å²) in [4.78, 5) is 16.9. The van der Waals surface area contributed by atoms with E-state index in [-0.39, 0.29) is 11.0 Å². The number of anilines is 1. The lowest BCUT2D eigenvalue weighted by Crippen LogP contribution is -2.34. The van der Waals surface area contributed by atoms with E-state index in [0.717, 1.165) is 5.56 Å². The van der Waals surface area contributed by atoms with Gasteiger partial charge in [-0.3, -0.25) is 10.1 Å². The molecular formula is C23H19N3O3S. The fourth-order valence-electron chi connectivity index (χ4n) is 2.90. The molecule has 0 radical (unpaired) electrons. The van der Waals surface area contributed by atoms with Crippen LogP contribution in [-0.2, 0) is 0 Å². The van der Waals surface area contributed by atoms with Crippen LogP contribution in [-0.4, -0.2) is 23.1 Å². The first-order valence-corrected chi connectivity index (χ1v) is 9.67. The van der Waals surface area contributed by atoms with Crippen molar-refractivity contribution in [1.29, 1.82) is 0 Å². The van der Waals surface area contributed by atoms with Crippen LogP contribution in [0.25, 0.3) is 22.6 Å². The molecule has 1 amide bonds. The first-order valence-electron chi connectivity index (χ1n) is 9.26. The van der Waals surface area contributed by atoms with Crippen LogP contribution in [0, 0.1) is 6.92 Å². The van der Waals surface area contributed by atoms with Crippen LogP contribution in [0.3, 0.4) is 0 Å². The number of hydrogen-bond donors (Lipinski definition) is 2. The summed E-state index contributed by atoms with van der Waals surface area (Å²) in [6, 6.07) is 20.2. The number of thiocarbonyl (C=S) groups is 1. The Bertz CT molecular complexity index is 1210. The van der Waals surface area contributed by atoms with Gasteiger partial charge in [-0.25, -0.2) is 4.98 Å². The SMILES string of the molecule is COc1ccc(C(=O)NC(=S)Nc2ccc3oc(-c4ccc(C)cc4)nc3c2)cc1. The molecule has 7 heteroatoms. The third kappa shape index (κ3) is 4.31. The van der Waals surface area contributed by atoms with Gasteiger partial charge < -0.3 is 14.5 Å². The van der Waals surface area contributed by atoms with Gasteiger partial charge in [0.05, 0.1) is 7.11 Å². The Morgan fingerprint density at radius 1 is 1.03 bits per heavy atom. The molecule has 0 aliphatic heterocycles. The van der Waals surface area contributed by atoms with Crippen molar-refractivity contribution in [3.05, 3.63) is 77.9 Å². The quantitative estimate of drug-likeness (QED) is 0.458. The Kier molecular flexibility index (Phi) is 5.45. The third-order valence-electron chi connectivity index (χ3n) is 4.52. The van der Waals surface area contributed by atoms with Gasteiger partial charge >= 0.3 is 0 Å². The number of nitrogens with zero attached hydrogens (tertiary/aromatic N) is 1. The van der Waals surface area contributed by atoms with Gasteiger partial charge in [-0.1, -0.05) is 17.7 Å². The van der Waals surface area contributed by atoms with Crippen molar-refractivity contribution in [3.63, 3.8) is 0 Å². The number of methoxy groups -OCH3 is 1. The molecule has 1 heterocycles. The van der Waals surface area contributed by atoms with E-state index in [0.29, 0.717) is 34.0 Å². The molecule has 0 unspecified atom stereocenters. The van der Waals surface area contributed by atoms with Crippen molar-refractivity contribution in [1.82, 2.24) is 10.3 Å². The zero-order valence-corrected chi connectivity index (χ0v) is 17.2. The van der Waals surface area contributed by atoms with Gasteiger partial charge in [-0.2, -0.15) is 0 Å². The number of carbonyl (C=O) groups excluding carboxylic acids is 1. The molecule has 30 heavy (non-hydrogen) atoms. The van der Waals surface area contributed by atoms with Crippen molar-refractivity contribution in [3.8, 4) is 17.2 Å². The lowest BCUT2D eigenvalue weighted by Gasteiger charge is -2.09. The first-order chi connectivity index (χ1) is 14.5. The zero-order valence-electron chi connectivity index (χ0n) is 16.4. The average Bonchev–Trinajstić information content (AvgIpc) is 3.17. The highest BCUT2D eigenvalue weighted by molar-refractivity contribution is 7.80. The van der Waals surface area contributed by atoms with E-state index in [1.165, 1.54) is 5.56 Å². The number of amides is 1. The maximum absolute atomic E-state index is 12.3. The Labute approximate surface area is 178 Å². The lowest BCUT2D eigenvalue weighted by atomic mass is 10.1. The molecule has 0 saturated heterocycles. The molecule has 6 nitrogen and oxygen atoms in total. The second-order valence-corrected chi connectivity index (χ2v) is 7.11. The predicted molar refractivity (Wildman–Crippen MR) is 121 cm³/mol. The standard InChI is InChI=1S/C23H19N3O3S/c1-14-3-5-16(6-4-14)22-25-19-13-17(9-12-20(19)29-22)24-23(30)26-21(27)15-7-10-18(28-2)11-8-15/h3-13H,1-2H3,(H2,24,26,27,30). The van der Waals surface area contributed by atoms with Crippen molar-refractivity contribution < 1.29 is 13.9 Å². The number of fused-ring (bicyclic) bond motifs is 1. The molecule has 4 rings (SSSR count). The minimum absolute atomic E-state index is 0.192. The van der Waals surface area contributed by atoms with Gasteiger partial charge in [0.15, 0.2) is 10.7 Å². The minimum atomic E-state index is -0.306. The number of rotatable bonds is 4. The van der Waals surface area contributed by atoms with E-state index in [2.05, 4.69) is 15.6 Å². The number of hydrogen-bond acceptors (Lipinski definition) is 5. The number of ether oxygens (including phenoxy) is 1. The van der Waals surface area contributed by atoms with Crippen molar-refractivity contribution in [2.24, 2.45) is 0 Å². The number of nitrogens with one attached hydrogen (secondary N) is 2. The number of aryl methyl sites for hydroxylation is 1. The second kappa shape index (κ2) is 8.34. The molecule has 0 saturated carbocycles. The van der Waals surface area contributed by atoms with E-state index in [1.807, 2.05) is 49.4 Å². The Morgan fingerprint density at radius 2 is 1.77 bits per heavy atom. The second-order valence-electron chi connectivity index (χ2n) is 6.70. The summed E-state index contributed by atoms with van der Waals surface area (Å²) in [5.41, 5.74) is 4.63. The molecule has 0 bridgehead atoms. The lowest BCUT2D eigenvalue weighted by molar-refractivity contribution is 0.0977. The Balaban J connectivity index is 1.45. The Hall–Kier alpha value is -3.71. The van der Waals surface area contributed by atoms with Crippen LogP contribution >= 0.6 is 12.2 Å². The molecule has 1 aromatic heterocycles. The van der Waals surface area contributed by atoms with Gasteiger partial charge in [-0.15, -0.1) is 0 Å². The molecule has 0 fully saturated rings. The van der Waals surface area contributed by atoms with Gasteiger partial charge in [0.25, 0.3) is 5.91 Å². The number of carbonyl (C=O) groups is 1. The highest BCUT2D eigenvalue weighted by atomic mass is 32.1. The van der Waals surface area contributed by atoms with Crippen LogP contribution in [0.15, 0.2) is 71.1 Å². The van der Waals surface area contributed by atoms with Crippen LogP contribution in [0.5, 0.6) is 5.75 Å². The summed E-state index contributed by atoms with van der Waals surface area (Å²) in [7, 11) is 1.57. The smallest absolute Gasteiger partial charge is 0.257 e. The highest BCUT2D eigenvalue weighted by Gasteiger charge is 2.11. The van der Waals surface area contributed by atoms with Crippen LogP contribution in [0.4, 0.5) is 5.69 Å². The van der Waals surface area contributed by atoms with Gasteiger partial charge in [0, 0.05) is 16.8 Å². The van der Waals surface area contributed by atoms with E-state index in [1.54, 1.807) is 31.4 Å². The van der Waals surface area contributed by atoms with Gasteiger partial charge in [-0.05, 0) is 73.7 Å².